The number of rotatable bonds is 5. The van der Waals surface area contributed by atoms with Crippen molar-refractivity contribution in [3.63, 3.8) is 0 Å². The van der Waals surface area contributed by atoms with E-state index in [1.165, 1.54) is 32.1 Å². The predicted octanol–water partition coefficient (Wildman–Crippen LogP) is 2.25. The molecule has 0 saturated heterocycles. The molecule has 0 unspecified atom stereocenters. The molecule has 0 aliphatic rings. The molecule has 0 aromatic rings. The number of hydrogen-bond donors (Lipinski definition) is 3. The van der Waals surface area contributed by atoms with Gasteiger partial charge in [-0.15, -0.1) is 0 Å². The van der Waals surface area contributed by atoms with Crippen molar-refractivity contribution in [3.05, 3.63) is 6.42 Å². The number of unbranched alkanes of at least 4 members (excludes halogenated alkanes) is 5. The second-order valence-corrected chi connectivity index (χ2v) is 3.80. The summed E-state index contributed by atoms with van der Waals surface area (Å²) in [6, 6.07) is 0. The molecule has 0 spiro atoms. The first-order valence-corrected chi connectivity index (χ1v) is 6.04. The van der Waals surface area contributed by atoms with Crippen LogP contribution in [0.3, 0.4) is 0 Å². The Hall–Kier alpha value is 1.46. The minimum Gasteiger partial charge on any atom is -0.332 e. The fraction of sp³-hybridized carbons (Fsp3) is 0.875. The molecule has 0 fully saturated rings. The van der Waals surface area contributed by atoms with Crippen LogP contribution in [0.4, 0.5) is 0 Å². The molecule has 0 aliphatic heterocycles. The van der Waals surface area contributed by atoms with Crippen molar-refractivity contribution in [1.29, 1.82) is 0 Å². The van der Waals surface area contributed by atoms with Gasteiger partial charge in [0, 0.05) is 40.8 Å². The molecule has 0 rings (SSSR count). The zero-order valence-corrected chi connectivity index (χ0v) is 12.9. The van der Waals surface area contributed by atoms with Crippen LogP contribution in [-0.2, 0) is 4.57 Å². The Bertz CT molecular complexity index is 123. The van der Waals surface area contributed by atoms with Crippen molar-refractivity contribution in [2.45, 2.75) is 46.0 Å². The van der Waals surface area contributed by atoms with Crippen LogP contribution in [0, 0.1) is 47.3 Å². The molecule has 6 heteroatoms. The fourth-order valence-corrected chi connectivity index (χ4v) is 0.775. The maximum Gasteiger partial charge on any atom is 0.466 e. The summed E-state index contributed by atoms with van der Waals surface area (Å²) >= 11 is 0. The van der Waals surface area contributed by atoms with Crippen LogP contribution in [0.5, 0.6) is 0 Å². The van der Waals surface area contributed by atoms with Crippen LogP contribution in [-0.4, -0.2) is 14.7 Å². The Balaban J connectivity index is -0.000000177. The SMILES string of the molecule is C[CH-]CCCCCC.O=P(O)(O)O.[Nd]. The first-order chi connectivity index (χ1) is 5.91. The summed E-state index contributed by atoms with van der Waals surface area (Å²) in [4.78, 5) is 21.6. The van der Waals surface area contributed by atoms with Gasteiger partial charge in [-0.3, -0.25) is 0 Å². The second-order valence-electron chi connectivity index (χ2n) is 2.77. The normalized spacial score (nSPS) is 9.79. The smallest absolute Gasteiger partial charge is 0.332 e. The molecule has 4 nitrogen and oxygen atoms in total. The van der Waals surface area contributed by atoms with Crippen LogP contribution in [0.15, 0.2) is 0 Å². The van der Waals surface area contributed by atoms with Crippen LogP contribution in [0.25, 0.3) is 0 Å². The summed E-state index contributed by atoms with van der Waals surface area (Å²) in [6.45, 7) is 4.38. The van der Waals surface area contributed by atoms with Gasteiger partial charge in [-0.25, -0.2) is 4.57 Å². The largest absolute Gasteiger partial charge is 0.466 e. The Labute approximate surface area is 119 Å². The molecule has 3 N–H and O–H groups in total. The van der Waals surface area contributed by atoms with Crippen LogP contribution < -0.4 is 0 Å². The van der Waals surface area contributed by atoms with E-state index in [2.05, 4.69) is 20.3 Å². The third-order valence-electron chi connectivity index (χ3n) is 1.35. The van der Waals surface area contributed by atoms with E-state index in [9.17, 15) is 0 Å². The molecular formula is C8H20NdO4P-. The minimum absolute atomic E-state index is 0. The average molecular weight is 355 g/mol. The summed E-state index contributed by atoms with van der Waals surface area (Å²) < 4.78 is 8.88. The molecule has 14 heavy (non-hydrogen) atoms. The van der Waals surface area contributed by atoms with Gasteiger partial charge in [-0.05, 0) is 0 Å². The van der Waals surface area contributed by atoms with E-state index in [1.807, 2.05) is 0 Å². The van der Waals surface area contributed by atoms with Gasteiger partial charge < -0.3 is 21.1 Å². The second kappa shape index (κ2) is 14.5. The van der Waals surface area contributed by atoms with Crippen LogP contribution >= 0.6 is 7.82 Å². The molecule has 0 saturated carbocycles. The van der Waals surface area contributed by atoms with Crippen molar-refractivity contribution in [2.24, 2.45) is 0 Å². The molecule has 0 radical (unpaired) electrons. The average Bonchev–Trinajstić information content (AvgIpc) is 1.95. The van der Waals surface area contributed by atoms with E-state index in [0.717, 1.165) is 0 Å². The van der Waals surface area contributed by atoms with Gasteiger partial charge in [0.15, 0.2) is 0 Å². The summed E-state index contributed by atoms with van der Waals surface area (Å²) in [7, 11) is -4.64. The monoisotopic (exact) mass is 353 g/mol. The third-order valence-corrected chi connectivity index (χ3v) is 1.35. The zero-order valence-electron chi connectivity index (χ0n) is 8.81. The van der Waals surface area contributed by atoms with E-state index >= 15 is 0 Å². The number of phosphoric acid groups is 1. The Morgan fingerprint density at radius 1 is 1.14 bits per heavy atom. The minimum atomic E-state index is -4.64. The van der Waals surface area contributed by atoms with E-state index in [1.54, 1.807) is 0 Å². The Kier molecular flexibility index (Phi) is 21.5. The summed E-state index contributed by atoms with van der Waals surface area (Å²) in [5, 5.41) is 0. The molecule has 0 aliphatic carbocycles. The van der Waals surface area contributed by atoms with Gasteiger partial charge >= 0.3 is 7.82 Å². The predicted molar refractivity (Wildman–Crippen MR) is 53.0 cm³/mol. The van der Waals surface area contributed by atoms with Crippen LogP contribution in [0.1, 0.15) is 46.0 Å². The summed E-state index contributed by atoms with van der Waals surface area (Å²) in [5.41, 5.74) is 0. The molecule has 0 aromatic heterocycles. The fourth-order valence-electron chi connectivity index (χ4n) is 0.775. The van der Waals surface area contributed by atoms with Gasteiger partial charge in [-0.1, -0.05) is 32.6 Å². The number of hydrogen-bond acceptors (Lipinski definition) is 1. The van der Waals surface area contributed by atoms with Crippen molar-refractivity contribution in [3.8, 4) is 0 Å². The molecule has 0 heterocycles. The van der Waals surface area contributed by atoms with Crippen molar-refractivity contribution < 1.29 is 60.1 Å². The summed E-state index contributed by atoms with van der Waals surface area (Å²) in [6.07, 6.45) is 9.12. The van der Waals surface area contributed by atoms with E-state index in [0.29, 0.717) is 0 Å². The van der Waals surface area contributed by atoms with Gasteiger partial charge in [0.25, 0.3) is 0 Å². The van der Waals surface area contributed by atoms with Gasteiger partial charge in [-0.2, -0.15) is 13.3 Å². The molecule has 0 bridgehead atoms. The summed E-state index contributed by atoms with van der Waals surface area (Å²) in [5.74, 6) is 0. The van der Waals surface area contributed by atoms with Crippen molar-refractivity contribution >= 4 is 7.82 Å². The van der Waals surface area contributed by atoms with E-state index < -0.39 is 7.82 Å². The zero-order chi connectivity index (χ0) is 10.7. The van der Waals surface area contributed by atoms with Crippen molar-refractivity contribution in [2.75, 3.05) is 0 Å². The van der Waals surface area contributed by atoms with Gasteiger partial charge in [0.2, 0.25) is 0 Å². The maximum atomic E-state index is 8.88. The van der Waals surface area contributed by atoms with E-state index in [4.69, 9.17) is 19.2 Å². The standard InChI is InChI=1S/C8H17.Nd.H3O4P/c1-3-5-7-8-6-4-2;;1-5(2,3)4/h3H,4-8H2,1-2H3;;(H3,1,2,3,4)/q-1;;. The first kappa shape index (κ1) is 20.8. The Morgan fingerprint density at radius 2 is 1.57 bits per heavy atom. The first-order valence-electron chi connectivity index (χ1n) is 4.48. The van der Waals surface area contributed by atoms with Gasteiger partial charge in [0.05, 0.1) is 0 Å². The molecule has 0 amide bonds. The van der Waals surface area contributed by atoms with Crippen LogP contribution in [0.2, 0.25) is 0 Å². The molecule has 0 aromatic carbocycles. The Morgan fingerprint density at radius 3 is 1.86 bits per heavy atom. The maximum absolute atomic E-state index is 8.88. The third kappa shape index (κ3) is 50.1. The van der Waals surface area contributed by atoms with Crippen molar-refractivity contribution in [1.82, 2.24) is 0 Å². The van der Waals surface area contributed by atoms with Gasteiger partial charge in [0.1, 0.15) is 0 Å². The molecule has 86 valence electrons. The topological polar surface area (TPSA) is 77.8 Å². The van der Waals surface area contributed by atoms with E-state index in [-0.39, 0.29) is 40.8 Å². The molecule has 0 atom stereocenters. The molecular weight excluding hydrogens is 335 g/mol. The quantitative estimate of drug-likeness (QED) is 0.402.